The van der Waals surface area contributed by atoms with Crippen LogP contribution in [0.2, 0.25) is 5.02 Å². The van der Waals surface area contributed by atoms with Crippen LogP contribution in [0.4, 0.5) is 11.4 Å². The Balaban J connectivity index is 1.99. The summed E-state index contributed by atoms with van der Waals surface area (Å²) in [4.78, 5) is 14.4. The van der Waals surface area contributed by atoms with E-state index in [1.54, 1.807) is 41.3 Å². The van der Waals surface area contributed by atoms with Crippen molar-refractivity contribution in [3.8, 4) is 0 Å². The maximum absolute atomic E-state index is 12.8. The molecular formula is C20H23ClN2O3S. The van der Waals surface area contributed by atoms with Crippen LogP contribution < -0.4 is 9.62 Å². The van der Waals surface area contributed by atoms with Crippen LogP contribution in [0.15, 0.2) is 47.4 Å². The van der Waals surface area contributed by atoms with E-state index in [9.17, 15) is 13.2 Å². The third-order valence-electron chi connectivity index (χ3n) is 4.69. The molecule has 2 aromatic carbocycles. The highest BCUT2D eigenvalue weighted by atomic mass is 35.5. The minimum Gasteiger partial charge on any atom is -0.311 e. The summed E-state index contributed by atoms with van der Waals surface area (Å²) in [6.07, 6.45) is 0. The molecule has 0 unspecified atom stereocenters. The van der Waals surface area contributed by atoms with E-state index in [0.29, 0.717) is 17.3 Å². The van der Waals surface area contributed by atoms with Crippen LogP contribution >= 0.6 is 11.6 Å². The SMILES string of the molecule is CC(C)C(=O)N1CC(C)(C)c2cc(S(=O)(=O)Nc3cccc(Cl)c3)ccc21. The van der Waals surface area contributed by atoms with Gasteiger partial charge in [0, 0.05) is 28.6 Å². The first-order valence-electron chi connectivity index (χ1n) is 8.75. The second-order valence-corrected chi connectivity index (χ2v) is 9.88. The Morgan fingerprint density at radius 1 is 1.19 bits per heavy atom. The van der Waals surface area contributed by atoms with Crippen LogP contribution in [0.5, 0.6) is 0 Å². The molecule has 144 valence electrons. The third-order valence-corrected chi connectivity index (χ3v) is 6.30. The second kappa shape index (κ2) is 6.84. The molecule has 1 aliphatic rings. The van der Waals surface area contributed by atoms with E-state index in [-0.39, 0.29) is 22.1 Å². The number of rotatable bonds is 4. The van der Waals surface area contributed by atoms with Gasteiger partial charge in [-0.25, -0.2) is 8.42 Å². The van der Waals surface area contributed by atoms with Crippen LogP contribution in [0, 0.1) is 5.92 Å². The van der Waals surface area contributed by atoms with Gasteiger partial charge in [-0.15, -0.1) is 0 Å². The number of hydrogen-bond acceptors (Lipinski definition) is 3. The summed E-state index contributed by atoms with van der Waals surface area (Å²) in [6, 6.07) is 11.5. The smallest absolute Gasteiger partial charge is 0.261 e. The molecule has 0 aromatic heterocycles. The lowest BCUT2D eigenvalue weighted by atomic mass is 9.87. The summed E-state index contributed by atoms with van der Waals surface area (Å²) in [5, 5.41) is 0.452. The number of nitrogens with one attached hydrogen (secondary N) is 1. The van der Waals surface area contributed by atoms with Crippen molar-refractivity contribution in [2.45, 2.75) is 38.0 Å². The summed E-state index contributed by atoms with van der Waals surface area (Å²) in [6.45, 7) is 8.28. The Morgan fingerprint density at radius 2 is 1.89 bits per heavy atom. The maximum atomic E-state index is 12.8. The van der Waals surface area contributed by atoms with Crippen molar-refractivity contribution in [2.75, 3.05) is 16.2 Å². The normalized spacial score (nSPS) is 15.7. The quantitative estimate of drug-likeness (QED) is 0.817. The molecule has 5 nitrogen and oxygen atoms in total. The van der Waals surface area contributed by atoms with Gasteiger partial charge in [-0.05, 0) is 42.0 Å². The number of carbonyl (C=O) groups is 1. The number of carbonyl (C=O) groups excluding carboxylic acids is 1. The first kappa shape index (κ1) is 19.7. The number of halogens is 1. The van der Waals surface area contributed by atoms with Crippen molar-refractivity contribution in [2.24, 2.45) is 5.92 Å². The fourth-order valence-electron chi connectivity index (χ4n) is 3.30. The zero-order chi connectivity index (χ0) is 20.0. The van der Waals surface area contributed by atoms with Crippen molar-refractivity contribution >= 4 is 38.9 Å². The number of nitrogens with zero attached hydrogens (tertiary/aromatic N) is 1. The highest BCUT2D eigenvalue weighted by molar-refractivity contribution is 7.92. The Kier molecular flexibility index (Phi) is 4.99. The molecular weight excluding hydrogens is 384 g/mol. The van der Waals surface area contributed by atoms with Crippen LogP contribution in [0.3, 0.4) is 0 Å². The van der Waals surface area contributed by atoms with Gasteiger partial charge in [-0.1, -0.05) is 45.4 Å². The predicted octanol–water partition coefficient (Wildman–Crippen LogP) is 4.42. The van der Waals surface area contributed by atoms with Crippen molar-refractivity contribution in [3.63, 3.8) is 0 Å². The van der Waals surface area contributed by atoms with Crippen LogP contribution in [0.25, 0.3) is 0 Å². The predicted molar refractivity (Wildman–Crippen MR) is 109 cm³/mol. The minimum atomic E-state index is -3.77. The van der Waals surface area contributed by atoms with Gasteiger partial charge in [0.25, 0.3) is 10.0 Å². The summed E-state index contributed by atoms with van der Waals surface area (Å²) in [7, 11) is -3.77. The number of anilines is 2. The standard InChI is InChI=1S/C20H23ClN2O3S/c1-13(2)19(24)23-12-20(3,4)17-11-16(8-9-18(17)23)27(25,26)22-15-7-5-6-14(21)10-15/h5-11,13,22H,12H2,1-4H3. The molecule has 0 bridgehead atoms. The van der Waals surface area contributed by atoms with Gasteiger partial charge in [0.1, 0.15) is 0 Å². The molecule has 0 saturated carbocycles. The lowest BCUT2D eigenvalue weighted by Crippen LogP contribution is -2.36. The molecule has 27 heavy (non-hydrogen) atoms. The van der Waals surface area contributed by atoms with Gasteiger partial charge in [0.15, 0.2) is 0 Å². The first-order valence-corrected chi connectivity index (χ1v) is 10.6. The molecule has 0 fully saturated rings. The number of amides is 1. The fraction of sp³-hybridized carbons (Fsp3) is 0.350. The summed E-state index contributed by atoms with van der Waals surface area (Å²) in [5.74, 6) is -0.0888. The van der Waals surface area contributed by atoms with Gasteiger partial charge >= 0.3 is 0 Å². The topological polar surface area (TPSA) is 66.5 Å². The van der Waals surface area contributed by atoms with Crippen LogP contribution in [0.1, 0.15) is 33.3 Å². The zero-order valence-corrected chi connectivity index (χ0v) is 17.4. The average molecular weight is 407 g/mol. The first-order chi connectivity index (χ1) is 12.5. The average Bonchev–Trinajstić information content (AvgIpc) is 2.84. The van der Waals surface area contributed by atoms with Crippen molar-refractivity contribution in [1.29, 1.82) is 0 Å². The molecule has 0 saturated heterocycles. The molecule has 1 heterocycles. The number of hydrogen-bond donors (Lipinski definition) is 1. The molecule has 0 atom stereocenters. The van der Waals surface area contributed by atoms with Crippen LogP contribution in [-0.2, 0) is 20.2 Å². The lowest BCUT2D eigenvalue weighted by molar-refractivity contribution is -0.121. The second-order valence-electron chi connectivity index (χ2n) is 7.76. The molecule has 0 spiro atoms. The Morgan fingerprint density at radius 3 is 2.52 bits per heavy atom. The van der Waals surface area contributed by atoms with E-state index in [1.165, 1.54) is 6.07 Å². The van der Waals surface area contributed by atoms with Gasteiger partial charge in [0.05, 0.1) is 10.6 Å². The van der Waals surface area contributed by atoms with Crippen molar-refractivity contribution < 1.29 is 13.2 Å². The largest absolute Gasteiger partial charge is 0.311 e. The molecule has 0 aliphatic carbocycles. The fourth-order valence-corrected chi connectivity index (χ4v) is 4.57. The Bertz CT molecular complexity index is 1000. The van der Waals surface area contributed by atoms with E-state index in [2.05, 4.69) is 4.72 Å². The van der Waals surface area contributed by atoms with Crippen molar-refractivity contribution in [3.05, 3.63) is 53.1 Å². The highest BCUT2D eigenvalue weighted by Gasteiger charge is 2.39. The van der Waals surface area contributed by atoms with Gasteiger partial charge in [-0.2, -0.15) is 0 Å². The summed E-state index contributed by atoms with van der Waals surface area (Å²) >= 11 is 5.93. The van der Waals surface area contributed by atoms with Crippen molar-refractivity contribution in [1.82, 2.24) is 0 Å². The zero-order valence-electron chi connectivity index (χ0n) is 15.8. The monoisotopic (exact) mass is 406 g/mol. The van der Waals surface area contributed by atoms with E-state index in [0.717, 1.165) is 11.3 Å². The Hall–Kier alpha value is -2.05. The summed E-state index contributed by atoms with van der Waals surface area (Å²) < 4.78 is 28.2. The lowest BCUT2D eigenvalue weighted by Gasteiger charge is -2.22. The van der Waals surface area contributed by atoms with Crippen LogP contribution in [-0.4, -0.2) is 20.9 Å². The molecule has 7 heteroatoms. The molecule has 1 aliphatic heterocycles. The Labute approximate surface area is 165 Å². The number of sulfonamides is 1. The highest BCUT2D eigenvalue weighted by Crippen LogP contribution is 2.42. The van der Waals surface area contributed by atoms with E-state index in [1.807, 2.05) is 27.7 Å². The third kappa shape index (κ3) is 3.82. The molecule has 1 N–H and O–H groups in total. The van der Waals surface area contributed by atoms with Gasteiger partial charge in [0.2, 0.25) is 5.91 Å². The minimum absolute atomic E-state index is 0.0366. The molecule has 3 rings (SSSR count). The number of benzene rings is 2. The van der Waals surface area contributed by atoms with E-state index in [4.69, 9.17) is 11.6 Å². The van der Waals surface area contributed by atoms with Gasteiger partial charge in [-0.3, -0.25) is 9.52 Å². The molecule has 2 aromatic rings. The van der Waals surface area contributed by atoms with E-state index >= 15 is 0 Å². The van der Waals surface area contributed by atoms with E-state index < -0.39 is 10.0 Å². The number of fused-ring (bicyclic) bond motifs is 1. The maximum Gasteiger partial charge on any atom is 0.261 e. The summed E-state index contributed by atoms with van der Waals surface area (Å²) in [5.41, 5.74) is 1.70. The molecule has 0 radical (unpaired) electrons. The van der Waals surface area contributed by atoms with Gasteiger partial charge < -0.3 is 4.90 Å². The molecule has 1 amide bonds.